The van der Waals surface area contributed by atoms with E-state index in [1.54, 1.807) is 0 Å². The summed E-state index contributed by atoms with van der Waals surface area (Å²) in [6.45, 7) is 0. The van der Waals surface area contributed by atoms with Crippen molar-refractivity contribution in [2.75, 3.05) is 5.32 Å². The van der Waals surface area contributed by atoms with Crippen LogP contribution in [-0.2, 0) is 12.6 Å². The molecule has 0 radical (unpaired) electrons. The van der Waals surface area contributed by atoms with E-state index in [4.69, 9.17) is 0 Å². The highest BCUT2D eigenvalue weighted by Gasteiger charge is 2.44. The number of hydrogen-bond donors (Lipinski definition) is 2. The third kappa shape index (κ3) is 3.78. The van der Waals surface area contributed by atoms with Gasteiger partial charge in [0.15, 0.2) is 0 Å². The van der Waals surface area contributed by atoms with E-state index in [9.17, 15) is 31.5 Å². The van der Waals surface area contributed by atoms with Crippen molar-refractivity contribution in [1.82, 2.24) is 20.1 Å². The van der Waals surface area contributed by atoms with Crippen molar-refractivity contribution >= 4 is 11.7 Å². The first-order valence-corrected chi connectivity index (χ1v) is 10.3. The Balaban J connectivity index is 1.50. The third-order valence-electron chi connectivity index (χ3n) is 6.10. The zero-order valence-electron chi connectivity index (χ0n) is 17.3. The second-order valence-electron chi connectivity index (χ2n) is 8.20. The van der Waals surface area contributed by atoms with Gasteiger partial charge in [0.2, 0.25) is 0 Å². The summed E-state index contributed by atoms with van der Waals surface area (Å²) in [5.74, 6) is -2.16. The van der Waals surface area contributed by atoms with E-state index in [0.717, 1.165) is 30.1 Å². The SMILES string of the molecule is O=C(Nc1cc(-c2cncc(F)c2)c(C(F)(F)F)cc1F)N1[C@H]2CC[C@@H]1c1n[nH]c(=O)cc1C2. The summed E-state index contributed by atoms with van der Waals surface area (Å²) in [5.41, 5.74) is -1.66. The van der Waals surface area contributed by atoms with Crippen LogP contribution in [0.5, 0.6) is 0 Å². The molecule has 3 aromatic rings. The smallest absolute Gasteiger partial charge is 0.313 e. The molecule has 0 aliphatic carbocycles. The van der Waals surface area contributed by atoms with Crippen LogP contribution in [0.4, 0.5) is 32.4 Å². The summed E-state index contributed by atoms with van der Waals surface area (Å²) in [6.07, 6.45) is -1.51. The van der Waals surface area contributed by atoms with Crippen molar-refractivity contribution in [2.24, 2.45) is 0 Å². The Labute approximate surface area is 188 Å². The number of aromatic nitrogens is 3. The molecule has 2 amide bonds. The number of halogens is 5. The van der Waals surface area contributed by atoms with Crippen LogP contribution in [0.15, 0.2) is 41.5 Å². The summed E-state index contributed by atoms with van der Waals surface area (Å²) in [5, 5.41) is 8.76. The molecule has 1 fully saturated rings. The lowest BCUT2D eigenvalue weighted by atomic mass is 9.98. The van der Waals surface area contributed by atoms with Crippen molar-refractivity contribution < 1.29 is 26.7 Å². The first kappa shape index (κ1) is 22.0. The van der Waals surface area contributed by atoms with Crippen LogP contribution in [0.1, 0.15) is 35.7 Å². The molecular weight excluding hydrogens is 461 g/mol. The fourth-order valence-electron chi connectivity index (χ4n) is 4.70. The van der Waals surface area contributed by atoms with Crippen molar-refractivity contribution in [3.8, 4) is 11.1 Å². The van der Waals surface area contributed by atoms with Crippen LogP contribution in [0, 0.1) is 11.6 Å². The number of urea groups is 1. The number of rotatable bonds is 2. The first-order chi connectivity index (χ1) is 16.1. The number of benzene rings is 1. The molecule has 1 aromatic carbocycles. The van der Waals surface area contributed by atoms with Gasteiger partial charge >= 0.3 is 12.2 Å². The molecule has 0 saturated carbocycles. The van der Waals surface area contributed by atoms with Gasteiger partial charge in [-0.05, 0) is 48.6 Å². The van der Waals surface area contributed by atoms with Gasteiger partial charge in [0.1, 0.15) is 11.6 Å². The van der Waals surface area contributed by atoms with E-state index in [1.165, 1.54) is 11.0 Å². The number of hydrogen-bond acceptors (Lipinski definition) is 4. The number of fused-ring (bicyclic) bond motifs is 4. The van der Waals surface area contributed by atoms with Gasteiger partial charge in [0, 0.05) is 23.9 Å². The molecule has 5 rings (SSSR count). The fraction of sp³-hybridized carbons (Fsp3) is 0.273. The quantitative estimate of drug-likeness (QED) is 0.535. The van der Waals surface area contributed by atoms with Crippen LogP contribution < -0.4 is 10.9 Å². The van der Waals surface area contributed by atoms with Crippen LogP contribution in [0.25, 0.3) is 11.1 Å². The van der Waals surface area contributed by atoms with Crippen LogP contribution in [0.3, 0.4) is 0 Å². The van der Waals surface area contributed by atoms with Crippen molar-refractivity contribution in [3.63, 3.8) is 0 Å². The van der Waals surface area contributed by atoms with E-state index in [1.807, 2.05) is 0 Å². The number of pyridine rings is 1. The van der Waals surface area contributed by atoms with E-state index in [0.29, 0.717) is 25.0 Å². The van der Waals surface area contributed by atoms with Crippen LogP contribution >= 0.6 is 0 Å². The van der Waals surface area contributed by atoms with E-state index in [-0.39, 0.29) is 23.2 Å². The Morgan fingerprint density at radius 2 is 1.91 bits per heavy atom. The zero-order chi connectivity index (χ0) is 24.2. The normalized spacial score (nSPS) is 19.1. The number of aromatic amines is 1. The second kappa shape index (κ2) is 7.89. The molecule has 4 heterocycles. The molecule has 2 aromatic heterocycles. The van der Waals surface area contributed by atoms with Gasteiger partial charge in [-0.3, -0.25) is 9.78 Å². The average Bonchev–Trinajstić information content (AvgIpc) is 3.09. The molecule has 34 heavy (non-hydrogen) atoms. The van der Waals surface area contributed by atoms with E-state index >= 15 is 0 Å². The summed E-state index contributed by atoms with van der Waals surface area (Å²) < 4.78 is 69.0. The lowest BCUT2D eigenvalue weighted by Gasteiger charge is -2.35. The highest BCUT2D eigenvalue weighted by molar-refractivity contribution is 5.91. The average molecular weight is 477 g/mol. The van der Waals surface area contributed by atoms with E-state index < -0.39 is 46.7 Å². The Morgan fingerprint density at radius 1 is 1.12 bits per heavy atom. The number of anilines is 1. The largest absolute Gasteiger partial charge is 0.417 e. The Morgan fingerprint density at radius 3 is 2.65 bits per heavy atom. The minimum atomic E-state index is -4.93. The maximum absolute atomic E-state index is 14.7. The third-order valence-corrected chi connectivity index (χ3v) is 6.10. The molecule has 0 spiro atoms. The molecule has 2 aliphatic rings. The summed E-state index contributed by atoms with van der Waals surface area (Å²) in [7, 11) is 0. The maximum atomic E-state index is 14.7. The molecule has 7 nitrogen and oxygen atoms in total. The molecule has 0 unspecified atom stereocenters. The van der Waals surface area contributed by atoms with Crippen molar-refractivity contribution in [1.29, 1.82) is 0 Å². The van der Waals surface area contributed by atoms with Crippen molar-refractivity contribution in [2.45, 2.75) is 37.5 Å². The minimum Gasteiger partial charge on any atom is -0.313 e. The predicted molar refractivity (Wildman–Crippen MR) is 110 cm³/mol. The second-order valence-corrected chi connectivity index (χ2v) is 8.20. The molecule has 2 bridgehead atoms. The molecule has 12 heteroatoms. The van der Waals surface area contributed by atoms with Crippen LogP contribution in [-0.4, -0.2) is 32.2 Å². The molecule has 2 N–H and O–H groups in total. The fourth-order valence-corrected chi connectivity index (χ4v) is 4.70. The lowest BCUT2D eigenvalue weighted by molar-refractivity contribution is -0.137. The molecule has 2 atom stereocenters. The number of amides is 2. The van der Waals surface area contributed by atoms with Gasteiger partial charge in [0.25, 0.3) is 5.56 Å². The van der Waals surface area contributed by atoms with E-state index in [2.05, 4.69) is 20.5 Å². The summed E-state index contributed by atoms with van der Waals surface area (Å²) in [4.78, 5) is 29.7. The van der Waals surface area contributed by atoms with Crippen molar-refractivity contribution in [3.05, 3.63) is 75.5 Å². The molecule has 176 valence electrons. The Kier molecular flexibility index (Phi) is 5.10. The Hall–Kier alpha value is -3.83. The zero-order valence-corrected chi connectivity index (χ0v) is 17.3. The highest BCUT2D eigenvalue weighted by atomic mass is 19.4. The number of alkyl halides is 3. The Bertz CT molecular complexity index is 1360. The summed E-state index contributed by atoms with van der Waals surface area (Å²) in [6, 6.07) is 1.91. The van der Waals surface area contributed by atoms with Gasteiger partial charge in [-0.2, -0.15) is 18.3 Å². The molecular formula is C22H16F5N5O2. The standard InChI is InChI=1S/C22H16F5N5O2/c23-12-3-11(8-28-9-12)14-6-17(16(24)7-15(14)22(25,26)27)29-21(34)32-13-1-2-18(32)20-10(4-13)5-19(33)30-31-20/h3,5-9,13,18H,1-2,4H2,(H,29,34)(H,30,33)/t13-,18+/m0/s1. The van der Waals surface area contributed by atoms with Gasteiger partial charge in [-0.25, -0.2) is 18.7 Å². The van der Waals surface area contributed by atoms with Gasteiger partial charge < -0.3 is 10.2 Å². The van der Waals surface area contributed by atoms with Gasteiger partial charge in [-0.15, -0.1) is 0 Å². The van der Waals surface area contributed by atoms with Crippen LogP contribution in [0.2, 0.25) is 0 Å². The monoisotopic (exact) mass is 477 g/mol. The number of carbonyl (C=O) groups excluding carboxylic acids is 1. The number of nitrogens with one attached hydrogen (secondary N) is 2. The number of H-pyrrole nitrogens is 1. The topological polar surface area (TPSA) is 91.0 Å². The highest BCUT2D eigenvalue weighted by Crippen LogP contribution is 2.43. The lowest BCUT2D eigenvalue weighted by Crippen LogP contribution is -2.45. The first-order valence-electron chi connectivity index (χ1n) is 10.3. The summed E-state index contributed by atoms with van der Waals surface area (Å²) >= 11 is 0. The minimum absolute atomic E-state index is 0.219. The van der Waals surface area contributed by atoms with Gasteiger partial charge in [0.05, 0.1) is 29.2 Å². The predicted octanol–water partition coefficient (Wildman–Crippen LogP) is 4.42. The molecule has 1 saturated heterocycles. The maximum Gasteiger partial charge on any atom is 0.417 e. The molecule has 2 aliphatic heterocycles. The number of carbonyl (C=O) groups is 1. The van der Waals surface area contributed by atoms with Gasteiger partial charge in [-0.1, -0.05) is 0 Å². The number of nitrogens with zero attached hydrogens (tertiary/aromatic N) is 3.